The SMILES string of the molecule is O=C(O)C(CNC1C=CS(=O)(=O)C1)C(F)(F)F. The van der Waals surface area contributed by atoms with Crippen molar-refractivity contribution in [3.05, 3.63) is 11.5 Å². The van der Waals surface area contributed by atoms with E-state index in [1.807, 2.05) is 0 Å². The Balaban J connectivity index is 2.56. The Morgan fingerprint density at radius 1 is 1.53 bits per heavy atom. The molecule has 0 spiro atoms. The van der Waals surface area contributed by atoms with Gasteiger partial charge in [0.15, 0.2) is 15.8 Å². The van der Waals surface area contributed by atoms with Gasteiger partial charge in [0, 0.05) is 18.0 Å². The van der Waals surface area contributed by atoms with E-state index in [-0.39, 0.29) is 5.75 Å². The first kappa shape index (κ1) is 14.0. The van der Waals surface area contributed by atoms with Gasteiger partial charge in [0.25, 0.3) is 0 Å². The molecule has 5 nitrogen and oxygen atoms in total. The third-order valence-corrected chi connectivity index (χ3v) is 3.60. The van der Waals surface area contributed by atoms with E-state index in [4.69, 9.17) is 5.11 Å². The second kappa shape index (κ2) is 4.65. The van der Waals surface area contributed by atoms with Crippen LogP contribution >= 0.6 is 0 Å². The zero-order chi connectivity index (χ0) is 13.3. The monoisotopic (exact) mass is 273 g/mol. The highest BCUT2D eigenvalue weighted by Crippen LogP contribution is 2.26. The Labute approximate surface area is 95.2 Å². The highest BCUT2D eigenvalue weighted by molar-refractivity contribution is 7.94. The van der Waals surface area contributed by atoms with Crippen molar-refractivity contribution in [1.29, 1.82) is 0 Å². The van der Waals surface area contributed by atoms with Crippen LogP contribution in [0.25, 0.3) is 0 Å². The van der Waals surface area contributed by atoms with E-state index in [0.29, 0.717) is 0 Å². The molecule has 2 N–H and O–H groups in total. The van der Waals surface area contributed by atoms with Crippen molar-refractivity contribution in [3.63, 3.8) is 0 Å². The summed E-state index contributed by atoms with van der Waals surface area (Å²) >= 11 is 0. The van der Waals surface area contributed by atoms with Crippen LogP contribution in [0.2, 0.25) is 0 Å². The fourth-order valence-corrected chi connectivity index (χ4v) is 2.58. The van der Waals surface area contributed by atoms with Gasteiger partial charge in [0.2, 0.25) is 0 Å². The first-order valence-electron chi connectivity index (χ1n) is 4.56. The summed E-state index contributed by atoms with van der Waals surface area (Å²) < 4.78 is 58.6. The van der Waals surface area contributed by atoms with Crippen molar-refractivity contribution in [1.82, 2.24) is 5.32 Å². The van der Waals surface area contributed by atoms with E-state index in [1.165, 1.54) is 6.08 Å². The lowest BCUT2D eigenvalue weighted by molar-refractivity contribution is -0.192. The number of carbonyl (C=O) groups is 1. The molecule has 0 fully saturated rings. The highest BCUT2D eigenvalue weighted by Gasteiger charge is 2.45. The van der Waals surface area contributed by atoms with E-state index in [1.54, 1.807) is 0 Å². The van der Waals surface area contributed by atoms with E-state index < -0.39 is 40.5 Å². The molecule has 0 aromatic carbocycles. The number of rotatable bonds is 4. The topological polar surface area (TPSA) is 83.5 Å². The van der Waals surface area contributed by atoms with Crippen molar-refractivity contribution in [3.8, 4) is 0 Å². The second-order valence-corrected chi connectivity index (χ2v) is 5.54. The minimum absolute atomic E-state index is 0.350. The van der Waals surface area contributed by atoms with Crippen LogP contribution in [0.15, 0.2) is 11.5 Å². The second-order valence-electron chi connectivity index (χ2n) is 3.61. The van der Waals surface area contributed by atoms with Crippen LogP contribution in [0.3, 0.4) is 0 Å². The molecular formula is C8H10F3NO4S. The molecule has 0 saturated heterocycles. The summed E-state index contributed by atoms with van der Waals surface area (Å²) in [5, 5.41) is 11.5. The molecule has 0 aromatic rings. The minimum atomic E-state index is -4.86. The Hall–Kier alpha value is -1.09. The number of carboxylic acid groups (broad SMARTS) is 1. The van der Waals surface area contributed by atoms with Crippen LogP contribution in [0.5, 0.6) is 0 Å². The lowest BCUT2D eigenvalue weighted by atomic mass is 10.1. The number of sulfone groups is 1. The number of hydrogen-bond donors (Lipinski definition) is 2. The number of alkyl halides is 3. The lowest BCUT2D eigenvalue weighted by Crippen LogP contribution is -2.42. The molecule has 98 valence electrons. The van der Waals surface area contributed by atoms with E-state index >= 15 is 0 Å². The van der Waals surface area contributed by atoms with Crippen LogP contribution in [0.4, 0.5) is 13.2 Å². The number of nitrogens with one attached hydrogen (secondary N) is 1. The number of halogens is 3. The van der Waals surface area contributed by atoms with Crippen molar-refractivity contribution in [2.75, 3.05) is 12.3 Å². The average molecular weight is 273 g/mol. The van der Waals surface area contributed by atoms with Gasteiger partial charge in [-0.1, -0.05) is 6.08 Å². The van der Waals surface area contributed by atoms with Gasteiger partial charge in [-0.25, -0.2) is 8.42 Å². The number of hydrogen-bond acceptors (Lipinski definition) is 4. The summed E-state index contributed by atoms with van der Waals surface area (Å²) in [6.45, 7) is -0.858. The summed E-state index contributed by atoms with van der Waals surface area (Å²) in [7, 11) is -3.37. The third-order valence-electron chi connectivity index (χ3n) is 2.21. The lowest BCUT2D eigenvalue weighted by Gasteiger charge is -2.18. The summed E-state index contributed by atoms with van der Waals surface area (Å²) in [4.78, 5) is 10.4. The number of aliphatic carboxylic acids is 1. The van der Waals surface area contributed by atoms with Gasteiger partial charge in [0.1, 0.15) is 0 Å². The molecular weight excluding hydrogens is 263 g/mol. The van der Waals surface area contributed by atoms with Crippen molar-refractivity contribution >= 4 is 15.8 Å². The van der Waals surface area contributed by atoms with Gasteiger partial charge >= 0.3 is 12.1 Å². The maximum atomic E-state index is 12.2. The molecule has 1 aliphatic heterocycles. The largest absolute Gasteiger partial charge is 0.481 e. The molecule has 2 unspecified atom stereocenters. The van der Waals surface area contributed by atoms with Gasteiger partial charge in [-0.15, -0.1) is 0 Å². The summed E-state index contributed by atoms with van der Waals surface area (Å²) in [6.07, 6.45) is -3.66. The van der Waals surface area contributed by atoms with Crippen LogP contribution < -0.4 is 5.32 Å². The van der Waals surface area contributed by atoms with Crippen LogP contribution in [-0.4, -0.2) is 44.0 Å². The van der Waals surface area contributed by atoms with Gasteiger partial charge < -0.3 is 10.4 Å². The molecule has 0 radical (unpaired) electrons. The zero-order valence-electron chi connectivity index (χ0n) is 8.44. The van der Waals surface area contributed by atoms with Gasteiger partial charge in [-0.2, -0.15) is 13.2 Å². The first-order chi connectivity index (χ1) is 7.62. The highest BCUT2D eigenvalue weighted by atomic mass is 32.2. The molecule has 0 aromatic heterocycles. The van der Waals surface area contributed by atoms with E-state index in [2.05, 4.69) is 5.32 Å². The van der Waals surface area contributed by atoms with Crippen LogP contribution in [-0.2, 0) is 14.6 Å². The third kappa shape index (κ3) is 4.00. The van der Waals surface area contributed by atoms with Crippen LogP contribution in [0, 0.1) is 5.92 Å². The Morgan fingerprint density at radius 2 is 2.12 bits per heavy atom. The standard InChI is InChI=1S/C8H10F3NO4S/c9-8(10,11)6(7(13)14)3-12-5-1-2-17(15,16)4-5/h1-2,5-6,12H,3-4H2,(H,13,14). The van der Waals surface area contributed by atoms with Gasteiger partial charge in [0.05, 0.1) is 5.75 Å². The normalized spacial score (nSPS) is 24.8. The molecule has 0 aliphatic carbocycles. The first-order valence-corrected chi connectivity index (χ1v) is 6.27. The summed E-state index contributed by atoms with van der Waals surface area (Å²) in [5.41, 5.74) is 0. The fourth-order valence-electron chi connectivity index (χ4n) is 1.32. The Kier molecular flexibility index (Phi) is 3.82. The smallest absolute Gasteiger partial charge is 0.403 e. The molecule has 0 amide bonds. The zero-order valence-corrected chi connectivity index (χ0v) is 9.25. The number of carboxylic acids is 1. The predicted octanol–water partition coefficient (Wildman–Crippen LogP) is 0.150. The average Bonchev–Trinajstić information content (AvgIpc) is 2.42. The fraction of sp³-hybridized carbons (Fsp3) is 0.625. The maximum absolute atomic E-state index is 12.2. The van der Waals surface area contributed by atoms with Crippen LogP contribution in [0.1, 0.15) is 0 Å². The molecule has 1 heterocycles. The molecule has 0 saturated carbocycles. The summed E-state index contributed by atoms with van der Waals surface area (Å²) in [5.74, 6) is -4.88. The van der Waals surface area contributed by atoms with Crippen molar-refractivity contribution in [2.45, 2.75) is 12.2 Å². The molecule has 1 rings (SSSR count). The predicted molar refractivity (Wildman–Crippen MR) is 51.9 cm³/mol. The molecule has 2 atom stereocenters. The molecule has 9 heteroatoms. The summed E-state index contributed by atoms with van der Waals surface area (Å²) in [6, 6.07) is -0.774. The van der Waals surface area contributed by atoms with Gasteiger partial charge in [-0.05, 0) is 0 Å². The minimum Gasteiger partial charge on any atom is -0.481 e. The molecule has 0 bridgehead atoms. The Morgan fingerprint density at radius 3 is 2.47 bits per heavy atom. The van der Waals surface area contributed by atoms with Gasteiger partial charge in [-0.3, -0.25) is 4.79 Å². The van der Waals surface area contributed by atoms with E-state index in [9.17, 15) is 26.4 Å². The Bertz CT molecular complexity index is 429. The molecule has 1 aliphatic rings. The maximum Gasteiger partial charge on any atom is 0.403 e. The van der Waals surface area contributed by atoms with Crippen molar-refractivity contribution < 1.29 is 31.5 Å². The van der Waals surface area contributed by atoms with E-state index in [0.717, 1.165) is 5.41 Å². The quantitative estimate of drug-likeness (QED) is 0.761. The van der Waals surface area contributed by atoms with Crippen molar-refractivity contribution in [2.24, 2.45) is 5.92 Å². The molecule has 17 heavy (non-hydrogen) atoms.